The van der Waals surface area contributed by atoms with Crippen LogP contribution in [0.25, 0.3) is 0 Å². The third-order valence-electron chi connectivity index (χ3n) is 11.6. The Kier molecular flexibility index (Phi) is 35.3. The normalized spacial score (nSPS) is 24.6. The number of aliphatic hydroxyl groups is 5. The van der Waals surface area contributed by atoms with Gasteiger partial charge in [0.15, 0.2) is 6.10 Å². The lowest BCUT2D eigenvalue weighted by Crippen LogP contribution is -2.64. The predicted octanol–water partition coefficient (Wildman–Crippen LogP) is 9.99. The van der Waals surface area contributed by atoms with Crippen LogP contribution in [-0.2, 0) is 37.4 Å². The number of carbonyl (C=O) groups is 2. The van der Waals surface area contributed by atoms with Crippen LogP contribution in [0.15, 0.2) is 97.2 Å². The van der Waals surface area contributed by atoms with Crippen molar-refractivity contribution in [3.63, 3.8) is 0 Å². The van der Waals surface area contributed by atoms with Gasteiger partial charge in [-0.1, -0.05) is 156 Å². The number of ether oxygens (including phenoxy) is 3. The Bertz CT molecular complexity index is 1640. The third kappa shape index (κ3) is 30.9. The van der Waals surface area contributed by atoms with Crippen LogP contribution in [0, 0.1) is 0 Å². The summed E-state index contributed by atoms with van der Waals surface area (Å²) >= 11 is 0. The summed E-state index contributed by atoms with van der Waals surface area (Å²) in [5, 5.41) is 50.3. The van der Waals surface area contributed by atoms with Gasteiger partial charge in [0.25, 0.3) is 0 Å². The molecule has 14 nitrogen and oxygen atoms in total. The molecular formula is C54H87O14P. The molecule has 0 radical (unpaired) electrons. The second kappa shape index (κ2) is 39.4. The van der Waals surface area contributed by atoms with Gasteiger partial charge in [0, 0.05) is 12.8 Å². The number of allylic oxidation sites excluding steroid dienone is 14. The fraction of sp³-hybridized carbons (Fsp3) is 0.667. The Balaban J connectivity index is 1.70. The number of phosphoric ester groups is 1. The molecule has 1 saturated carbocycles. The average Bonchev–Trinajstić information content (AvgIpc) is 4.09. The zero-order valence-electron chi connectivity index (χ0n) is 41.5. The Morgan fingerprint density at radius 2 is 0.971 bits per heavy atom. The second-order valence-electron chi connectivity index (χ2n) is 17.7. The molecule has 6 N–H and O–H groups in total. The Morgan fingerprint density at radius 3 is 1.51 bits per heavy atom. The van der Waals surface area contributed by atoms with Crippen molar-refractivity contribution in [3.05, 3.63) is 97.2 Å². The maximum Gasteiger partial charge on any atom is 0.472 e. The molecule has 2 rings (SSSR count). The molecule has 10 atom stereocenters. The van der Waals surface area contributed by atoms with Crippen LogP contribution in [0.2, 0.25) is 0 Å². The summed E-state index contributed by atoms with van der Waals surface area (Å²) in [7, 11) is -5.15. The standard InChI is InChI=1S/C54H87O14P/c1-3-5-7-8-9-10-11-12-13-14-15-16-17-18-19-24-27-30-33-37-41-48(56)66-44(43-65-69(62,63)68-54-52(60)50(58)49(57)51(59)53(54)61)42-64-47(55)40-36-32-29-26-23-21-20-22-25-28-31-35-39-46-45(67-46)38-34-6-4-2/h6,10-11,13-14,16-17,21-23,25,29,31-32,34-35,44-46,49-54,57-61H,3-5,7-9,12,15,18-20,24,26-28,30,33,36-43H2,1-2H3,(H,62,63)/b11-10-,14-13-,17-16-,23-21-,25-22-,32-29-,34-6-,35-31-/t44-,45?,46?,49?,50-,51+,52-,53-,54?/m1/s1. The van der Waals surface area contributed by atoms with Crippen LogP contribution in [0.5, 0.6) is 0 Å². The quantitative estimate of drug-likeness (QED) is 0.0111. The summed E-state index contributed by atoms with van der Waals surface area (Å²) in [6.07, 6.45) is 42.1. The summed E-state index contributed by atoms with van der Waals surface area (Å²) in [4.78, 5) is 35.8. The zero-order chi connectivity index (χ0) is 50.4. The van der Waals surface area contributed by atoms with Gasteiger partial charge in [-0.25, -0.2) is 4.57 Å². The summed E-state index contributed by atoms with van der Waals surface area (Å²) in [6, 6.07) is 0. The Morgan fingerprint density at radius 1 is 0.522 bits per heavy atom. The number of esters is 2. The molecule has 392 valence electrons. The smallest absolute Gasteiger partial charge is 0.462 e. The van der Waals surface area contributed by atoms with E-state index >= 15 is 0 Å². The molecule has 1 saturated heterocycles. The van der Waals surface area contributed by atoms with Crippen molar-refractivity contribution in [1.29, 1.82) is 0 Å². The number of carbonyl (C=O) groups excluding carboxylic acids is 2. The Labute approximate surface area is 413 Å². The molecule has 5 unspecified atom stereocenters. The number of hydrogen-bond donors (Lipinski definition) is 6. The van der Waals surface area contributed by atoms with E-state index in [1.165, 1.54) is 32.1 Å². The number of hydrogen-bond acceptors (Lipinski definition) is 13. The lowest BCUT2D eigenvalue weighted by atomic mass is 9.85. The lowest BCUT2D eigenvalue weighted by molar-refractivity contribution is -0.220. The molecule has 2 fully saturated rings. The van der Waals surface area contributed by atoms with Gasteiger partial charge in [-0.3, -0.25) is 18.6 Å². The number of rotatable bonds is 40. The molecule has 0 bridgehead atoms. The van der Waals surface area contributed by atoms with Gasteiger partial charge in [-0.05, 0) is 89.9 Å². The van der Waals surface area contributed by atoms with E-state index < -0.39 is 75.7 Å². The molecule has 0 aromatic carbocycles. The minimum absolute atomic E-state index is 0.0298. The highest BCUT2D eigenvalue weighted by molar-refractivity contribution is 7.47. The second-order valence-corrected chi connectivity index (χ2v) is 19.1. The van der Waals surface area contributed by atoms with Crippen LogP contribution < -0.4 is 0 Å². The fourth-order valence-corrected chi connectivity index (χ4v) is 8.33. The topological polar surface area (TPSA) is 222 Å². The fourth-order valence-electron chi connectivity index (χ4n) is 7.36. The lowest BCUT2D eigenvalue weighted by Gasteiger charge is -2.41. The highest BCUT2D eigenvalue weighted by Crippen LogP contribution is 2.47. The molecule has 1 aliphatic carbocycles. The highest BCUT2D eigenvalue weighted by atomic mass is 31.2. The average molecular weight is 991 g/mol. The minimum Gasteiger partial charge on any atom is -0.462 e. The van der Waals surface area contributed by atoms with Crippen LogP contribution in [-0.4, -0.2) is 111 Å². The number of epoxide rings is 1. The molecule has 15 heteroatoms. The van der Waals surface area contributed by atoms with Crippen molar-refractivity contribution in [2.24, 2.45) is 0 Å². The van der Waals surface area contributed by atoms with Gasteiger partial charge in [0.2, 0.25) is 0 Å². The molecule has 0 aromatic heterocycles. The molecule has 0 amide bonds. The van der Waals surface area contributed by atoms with Crippen molar-refractivity contribution in [1.82, 2.24) is 0 Å². The van der Waals surface area contributed by atoms with Crippen LogP contribution >= 0.6 is 7.82 Å². The first kappa shape index (κ1) is 61.8. The number of aliphatic hydroxyl groups excluding tert-OH is 5. The summed E-state index contributed by atoms with van der Waals surface area (Å²) in [5.41, 5.74) is 0. The van der Waals surface area contributed by atoms with Crippen LogP contribution in [0.3, 0.4) is 0 Å². The van der Waals surface area contributed by atoms with Crippen molar-refractivity contribution >= 4 is 19.8 Å². The van der Waals surface area contributed by atoms with Gasteiger partial charge >= 0.3 is 19.8 Å². The largest absolute Gasteiger partial charge is 0.472 e. The van der Waals surface area contributed by atoms with Crippen LogP contribution in [0.4, 0.5) is 0 Å². The Hall–Kier alpha value is -3.27. The van der Waals surface area contributed by atoms with Crippen molar-refractivity contribution in [2.45, 2.75) is 216 Å². The maximum atomic E-state index is 12.9. The SMILES string of the molecule is CC/C=C\CC1OC1C/C=C\C/C=C\C/C=C\C/C=C\CCC(=O)OC[C@H](COP(=O)(O)OC1[C@H](O)[C@H](O)C(O)[C@H](O)[C@H]1O)OC(=O)CCCCCCCC/C=C\C/C=C\C/C=C\CCCCCC. The van der Waals surface area contributed by atoms with Gasteiger partial charge in [0.05, 0.1) is 18.8 Å². The molecule has 0 spiro atoms. The van der Waals surface area contributed by atoms with Gasteiger partial charge in [0.1, 0.15) is 43.2 Å². The molecule has 2 aliphatic rings. The van der Waals surface area contributed by atoms with E-state index in [9.17, 15) is 44.6 Å². The monoisotopic (exact) mass is 991 g/mol. The minimum atomic E-state index is -5.15. The first-order chi connectivity index (χ1) is 33.4. The highest BCUT2D eigenvalue weighted by Gasteiger charge is 2.51. The van der Waals surface area contributed by atoms with Gasteiger partial charge < -0.3 is 44.6 Å². The summed E-state index contributed by atoms with van der Waals surface area (Å²) in [5.74, 6) is -1.22. The van der Waals surface area contributed by atoms with E-state index in [-0.39, 0.29) is 12.8 Å². The molecule has 1 aliphatic heterocycles. The van der Waals surface area contributed by atoms with E-state index in [0.29, 0.717) is 31.5 Å². The number of unbranched alkanes of at least 4 members (excludes halogenated alkanes) is 10. The van der Waals surface area contributed by atoms with E-state index in [1.54, 1.807) is 0 Å². The third-order valence-corrected chi connectivity index (χ3v) is 12.6. The van der Waals surface area contributed by atoms with E-state index in [1.807, 2.05) is 18.2 Å². The van der Waals surface area contributed by atoms with E-state index in [2.05, 4.69) is 92.8 Å². The van der Waals surface area contributed by atoms with Gasteiger partial charge in [-0.15, -0.1) is 0 Å². The van der Waals surface area contributed by atoms with Crippen LogP contribution in [0.1, 0.15) is 162 Å². The summed E-state index contributed by atoms with van der Waals surface area (Å²) in [6.45, 7) is 3.09. The van der Waals surface area contributed by atoms with Crippen molar-refractivity contribution in [2.75, 3.05) is 13.2 Å². The van der Waals surface area contributed by atoms with E-state index in [0.717, 1.165) is 83.5 Å². The molecular weight excluding hydrogens is 904 g/mol. The van der Waals surface area contributed by atoms with E-state index in [4.69, 9.17) is 23.3 Å². The summed E-state index contributed by atoms with van der Waals surface area (Å²) < 4.78 is 39.2. The molecule has 0 aromatic rings. The molecule has 69 heavy (non-hydrogen) atoms. The van der Waals surface area contributed by atoms with Crippen molar-refractivity contribution in [3.8, 4) is 0 Å². The predicted molar refractivity (Wildman–Crippen MR) is 271 cm³/mol. The first-order valence-corrected chi connectivity index (χ1v) is 27.2. The van der Waals surface area contributed by atoms with Gasteiger partial charge in [-0.2, -0.15) is 0 Å². The van der Waals surface area contributed by atoms with Crippen molar-refractivity contribution < 1.29 is 67.8 Å². The maximum absolute atomic E-state index is 12.9. The first-order valence-electron chi connectivity index (χ1n) is 25.7. The zero-order valence-corrected chi connectivity index (χ0v) is 42.4. The number of phosphoric acid groups is 1. The molecule has 1 heterocycles.